The molecule has 1 aliphatic heterocycles. The first kappa shape index (κ1) is 23.0. The maximum Gasteiger partial charge on any atom is 0.301 e. The summed E-state index contributed by atoms with van der Waals surface area (Å²) in [6.07, 6.45) is 0. The summed E-state index contributed by atoms with van der Waals surface area (Å²) in [6.45, 7) is 2.28. The van der Waals surface area contributed by atoms with Gasteiger partial charge in [0.25, 0.3) is 5.78 Å². The molecule has 4 aromatic rings. The van der Waals surface area contributed by atoms with E-state index in [4.69, 9.17) is 16.3 Å². The van der Waals surface area contributed by atoms with Crippen molar-refractivity contribution in [3.63, 3.8) is 0 Å². The number of amides is 1. The SMILES string of the molecule is CCOc1cccc(C2C(=C(O)c3ccc(Cl)cc3)C(=O)C(=O)N2c2nc3ccc(F)cc3s2)c1. The zero-order chi connectivity index (χ0) is 24.7. The molecule has 6 nitrogen and oxygen atoms in total. The molecule has 1 atom stereocenters. The smallest absolute Gasteiger partial charge is 0.301 e. The molecule has 1 N–H and O–H groups in total. The van der Waals surface area contributed by atoms with Crippen LogP contribution in [0.3, 0.4) is 0 Å². The first-order valence-electron chi connectivity index (χ1n) is 10.7. The van der Waals surface area contributed by atoms with Crippen LogP contribution < -0.4 is 9.64 Å². The predicted molar refractivity (Wildman–Crippen MR) is 133 cm³/mol. The Hall–Kier alpha value is -3.75. The molecule has 1 aromatic heterocycles. The third kappa shape index (κ3) is 4.15. The molecule has 0 bridgehead atoms. The van der Waals surface area contributed by atoms with Gasteiger partial charge in [-0.3, -0.25) is 14.5 Å². The number of aliphatic hydroxyl groups excluding tert-OH is 1. The number of hydrogen-bond donors (Lipinski definition) is 1. The Morgan fingerprint density at radius 3 is 2.66 bits per heavy atom. The van der Waals surface area contributed by atoms with Gasteiger partial charge in [-0.25, -0.2) is 9.37 Å². The van der Waals surface area contributed by atoms with Gasteiger partial charge in [0.1, 0.15) is 17.3 Å². The molecule has 1 fully saturated rings. The van der Waals surface area contributed by atoms with Crippen LogP contribution in [0.4, 0.5) is 9.52 Å². The average molecular weight is 509 g/mol. The van der Waals surface area contributed by atoms with Gasteiger partial charge >= 0.3 is 5.91 Å². The third-order valence-corrected chi connectivity index (χ3v) is 6.86. The fraction of sp³-hybridized carbons (Fsp3) is 0.115. The fourth-order valence-electron chi connectivity index (χ4n) is 4.04. The number of carbonyl (C=O) groups is 2. The van der Waals surface area contributed by atoms with Crippen LogP contribution >= 0.6 is 22.9 Å². The molecular formula is C26H18ClFN2O4S. The van der Waals surface area contributed by atoms with Crippen LogP contribution in [0.2, 0.25) is 5.02 Å². The minimum absolute atomic E-state index is 0.0867. The quantitative estimate of drug-likeness (QED) is 0.200. The number of hydrogen-bond acceptors (Lipinski definition) is 6. The third-order valence-electron chi connectivity index (χ3n) is 5.59. The lowest BCUT2D eigenvalue weighted by Gasteiger charge is -2.23. The van der Waals surface area contributed by atoms with E-state index in [1.807, 2.05) is 6.92 Å². The van der Waals surface area contributed by atoms with Crippen molar-refractivity contribution in [2.24, 2.45) is 0 Å². The second-order valence-corrected chi connectivity index (χ2v) is 9.24. The molecule has 0 spiro atoms. The van der Waals surface area contributed by atoms with Crippen molar-refractivity contribution in [1.82, 2.24) is 4.98 Å². The van der Waals surface area contributed by atoms with Gasteiger partial charge in [0, 0.05) is 10.6 Å². The summed E-state index contributed by atoms with van der Waals surface area (Å²) in [4.78, 5) is 32.3. The largest absolute Gasteiger partial charge is 0.507 e. The molecule has 0 radical (unpaired) electrons. The average Bonchev–Trinajstić information content (AvgIpc) is 3.37. The Morgan fingerprint density at radius 1 is 1.14 bits per heavy atom. The number of ketones is 1. The second kappa shape index (κ2) is 9.13. The van der Waals surface area contributed by atoms with E-state index >= 15 is 0 Å². The number of fused-ring (bicyclic) bond motifs is 1. The Labute approximate surface area is 208 Å². The lowest BCUT2D eigenvalue weighted by atomic mass is 9.95. The number of Topliss-reactive ketones (excluding diaryl/α,β-unsaturated/α-hetero) is 1. The number of anilines is 1. The minimum Gasteiger partial charge on any atom is -0.507 e. The van der Waals surface area contributed by atoms with Crippen LogP contribution in [0.15, 0.2) is 72.3 Å². The molecule has 1 aliphatic rings. The summed E-state index contributed by atoms with van der Waals surface area (Å²) in [7, 11) is 0. The van der Waals surface area contributed by atoms with Crippen molar-refractivity contribution >= 4 is 55.7 Å². The van der Waals surface area contributed by atoms with Crippen LogP contribution in [0.5, 0.6) is 5.75 Å². The van der Waals surface area contributed by atoms with Crippen LogP contribution in [0.1, 0.15) is 24.1 Å². The van der Waals surface area contributed by atoms with Crippen molar-refractivity contribution in [3.05, 3.63) is 94.3 Å². The molecule has 35 heavy (non-hydrogen) atoms. The summed E-state index contributed by atoms with van der Waals surface area (Å²) in [5, 5.41) is 11.9. The van der Waals surface area contributed by atoms with Crippen molar-refractivity contribution in [2.45, 2.75) is 13.0 Å². The normalized spacial score (nSPS) is 17.3. The number of ether oxygens (including phenoxy) is 1. The molecule has 1 saturated heterocycles. The molecule has 1 unspecified atom stereocenters. The molecule has 1 amide bonds. The second-order valence-electron chi connectivity index (χ2n) is 7.79. The summed E-state index contributed by atoms with van der Waals surface area (Å²) >= 11 is 7.07. The molecule has 0 saturated carbocycles. The first-order chi connectivity index (χ1) is 16.9. The maximum atomic E-state index is 13.8. The number of rotatable bonds is 5. The number of halogens is 2. The molecule has 5 rings (SSSR count). The van der Waals surface area contributed by atoms with Gasteiger partial charge in [-0.15, -0.1) is 0 Å². The summed E-state index contributed by atoms with van der Waals surface area (Å²) < 4.78 is 19.9. The van der Waals surface area contributed by atoms with Gasteiger partial charge < -0.3 is 9.84 Å². The van der Waals surface area contributed by atoms with E-state index in [1.54, 1.807) is 48.5 Å². The maximum absolute atomic E-state index is 13.8. The van der Waals surface area contributed by atoms with Gasteiger partial charge in [-0.05, 0) is 67.1 Å². The van der Waals surface area contributed by atoms with E-state index in [0.29, 0.717) is 38.7 Å². The lowest BCUT2D eigenvalue weighted by molar-refractivity contribution is -0.132. The zero-order valence-corrected chi connectivity index (χ0v) is 19.9. The Morgan fingerprint density at radius 2 is 1.91 bits per heavy atom. The van der Waals surface area contributed by atoms with Gasteiger partial charge in [-0.1, -0.05) is 35.1 Å². The van der Waals surface area contributed by atoms with Gasteiger partial charge in [0.2, 0.25) is 0 Å². The van der Waals surface area contributed by atoms with E-state index in [-0.39, 0.29) is 16.5 Å². The summed E-state index contributed by atoms with van der Waals surface area (Å²) in [6, 6.07) is 16.4. The Kier molecular flexibility index (Phi) is 6.00. The van der Waals surface area contributed by atoms with Crippen LogP contribution in [0, 0.1) is 5.82 Å². The van der Waals surface area contributed by atoms with Crippen LogP contribution in [0.25, 0.3) is 16.0 Å². The van der Waals surface area contributed by atoms with Crippen molar-refractivity contribution in [2.75, 3.05) is 11.5 Å². The summed E-state index contributed by atoms with van der Waals surface area (Å²) in [5.74, 6) is -1.91. The van der Waals surface area contributed by atoms with Crippen LogP contribution in [-0.4, -0.2) is 28.4 Å². The number of aliphatic hydroxyl groups is 1. The van der Waals surface area contributed by atoms with Gasteiger partial charge in [0.05, 0.1) is 28.4 Å². The first-order valence-corrected chi connectivity index (χ1v) is 11.9. The summed E-state index contributed by atoms with van der Waals surface area (Å²) in [5.41, 5.74) is 1.30. The van der Waals surface area contributed by atoms with E-state index in [2.05, 4.69) is 4.98 Å². The van der Waals surface area contributed by atoms with E-state index in [1.165, 1.54) is 23.1 Å². The number of nitrogens with zero attached hydrogens (tertiary/aromatic N) is 2. The molecule has 176 valence electrons. The molecule has 2 heterocycles. The highest BCUT2D eigenvalue weighted by atomic mass is 35.5. The van der Waals surface area contributed by atoms with E-state index in [9.17, 15) is 19.1 Å². The number of thiazole rings is 1. The molecular weight excluding hydrogens is 491 g/mol. The number of benzene rings is 3. The number of aromatic nitrogens is 1. The van der Waals surface area contributed by atoms with Crippen LogP contribution in [-0.2, 0) is 9.59 Å². The zero-order valence-electron chi connectivity index (χ0n) is 18.4. The monoisotopic (exact) mass is 508 g/mol. The molecule has 0 aliphatic carbocycles. The minimum atomic E-state index is -0.975. The Bertz CT molecular complexity index is 1500. The fourth-order valence-corrected chi connectivity index (χ4v) is 5.18. The highest BCUT2D eigenvalue weighted by Gasteiger charge is 2.48. The van der Waals surface area contributed by atoms with Crippen molar-refractivity contribution < 1.29 is 23.8 Å². The Balaban J connectivity index is 1.72. The lowest BCUT2D eigenvalue weighted by Crippen LogP contribution is -2.29. The number of carbonyl (C=O) groups excluding carboxylic acids is 2. The van der Waals surface area contributed by atoms with E-state index < -0.39 is 23.5 Å². The standard InChI is InChI=1S/C26H18ClFN2O4S/c1-2-34-18-5-3-4-15(12-18)22-21(23(31)14-6-8-16(27)9-7-14)24(32)25(33)30(22)26-29-19-11-10-17(28)13-20(19)35-26/h3-13,22,31H,2H2,1H3. The van der Waals surface area contributed by atoms with Crippen molar-refractivity contribution in [3.8, 4) is 5.75 Å². The highest BCUT2D eigenvalue weighted by molar-refractivity contribution is 7.22. The van der Waals surface area contributed by atoms with E-state index in [0.717, 1.165) is 11.3 Å². The topological polar surface area (TPSA) is 79.7 Å². The molecule has 9 heteroatoms. The predicted octanol–water partition coefficient (Wildman–Crippen LogP) is 6.11. The van der Waals surface area contributed by atoms with Gasteiger partial charge in [0.15, 0.2) is 5.13 Å². The highest BCUT2D eigenvalue weighted by Crippen LogP contribution is 2.45. The molecule has 3 aromatic carbocycles. The van der Waals surface area contributed by atoms with Gasteiger partial charge in [-0.2, -0.15) is 0 Å². The van der Waals surface area contributed by atoms with Crippen molar-refractivity contribution in [1.29, 1.82) is 0 Å².